The Labute approximate surface area is 171 Å². The molecule has 3 aliphatic rings. The van der Waals surface area contributed by atoms with Gasteiger partial charge in [0.1, 0.15) is 0 Å². The minimum atomic E-state index is -0.451. The molecular weight excluding hydrogens is 368 g/mol. The second-order valence-corrected chi connectivity index (χ2v) is 8.45. The number of anilines is 1. The molecule has 7 nitrogen and oxygen atoms in total. The monoisotopic (exact) mass is 398 g/mol. The molecule has 1 aliphatic carbocycles. The van der Waals surface area contributed by atoms with Crippen LogP contribution in [0.3, 0.4) is 0 Å². The van der Waals surface area contributed by atoms with Gasteiger partial charge in [0.2, 0.25) is 11.8 Å². The molecule has 1 unspecified atom stereocenters. The number of carbonyl (C=O) groups is 3. The molecule has 0 spiro atoms. The first-order valence-corrected chi connectivity index (χ1v) is 10.8. The van der Waals surface area contributed by atoms with Crippen molar-refractivity contribution in [2.45, 2.75) is 69.4 Å². The lowest BCUT2D eigenvalue weighted by Gasteiger charge is -2.35. The predicted molar refractivity (Wildman–Crippen MR) is 111 cm³/mol. The third-order valence-corrected chi connectivity index (χ3v) is 6.38. The maximum absolute atomic E-state index is 12.9. The highest BCUT2D eigenvalue weighted by Gasteiger charge is 2.32. The third kappa shape index (κ3) is 4.71. The summed E-state index contributed by atoms with van der Waals surface area (Å²) in [6, 6.07) is 7.85. The van der Waals surface area contributed by atoms with Crippen molar-refractivity contribution < 1.29 is 14.4 Å². The zero-order valence-corrected chi connectivity index (χ0v) is 16.8. The van der Waals surface area contributed by atoms with E-state index < -0.39 is 5.92 Å². The summed E-state index contributed by atoms with van der Waals surface area (Å²) in [6.45, 7) is 1.29. The second-order valence-electron chi connectivity index (χ2n) is 8.45. The van der Waals surface area contributed by atoms with Gasteiger partial charge < -0.3 is 20.9 Å². The average Bonchev–Trinajstić information content (AvgIpc) is 2.74. The highest BCUT2D eigenvalue weighted by Crippen LogP contribution is 2.32. The molecule has 1 aromatic rings. The molecule has 4 amide bonds. The van der Waals surface area contributed by atoms with Gasteiger partial charge >= 0.3 is 6.03 Å². The molecule has 4 rings (SSSR count). The van der Waals surface area contributed by atoms with Crippen molar-refractivity contribution in [1.82, 2.24) is 15.5 Å². The molecule has 2 fully saturated rings. The van der Waals surface area contributed by atoms with E-state index >= 15 is 0 Å². The first-order chi connectivity index (χ1) is 14.1. The normalized spacial score (nSPS) is 23.1. The maximum Gasteiger partial charge on any atom is 0.317 e. The number of hydrogen-bond donors (Lipinski definition) is 3. The van der Waals surface area contributed by atoms with Gasteiger partial charge in [-0.3, -0.25) is 9.59 Å². The van der Waals surface area contributed by atoms with Gasteiger partial charge in [-0.05, 0) is 37.3 Å². The first kappa shape index (κ1) is 19.7. The third-order valence-electron chi connectivity index (χ3n) is 6.38. The summed E-state index contributed by atoms with van der Waals surface area (Å²) < 4.78 is 0. The number of para-hydroxylation sites is 1. The number of fused-ring (bicyclic) bond motifs is 1. The number of amides is 4. The summed E-state index contributed by atoms with van der Waals surface area (Å²) in [5.41, 5.74) is 1.59. The molecule has 156 valence electrons. The van der Waals surface area contributed by atoms with Crippen LogP contribution >= 0.6 is 0 Å². The first-order valence-electron chi connectivity index (χ1n) is 10.8. The van der Waals surface area contributed by atoms with Gasteiger partial charge in [0.15, 0.2) is 0 Å². The quantitative estimate of drug-likeness (QED) is 0.731. The van der Waals surface area contributed by atoms with Crippen molar-refractivity contribution in [3.05, 3.63) is 29.8 Å². The SMILES string of the molecule is O=C1CC(C(=O)NC2CCN(C(=O)NC3CCCCC3)CC2)c2ccccc2N1. The number of urea groups is 1. The van der Waals surface area contributed by atoms with E-state index in [4.69, 9.17) is 0 Å². The van der Waals surface area contributed by atoms with Gasteiger partial charge in [0.05, 0.1) is 5.92 Å². The Morgan fingerprint density at radius 3 is 2.38 bits per heavy atom. The van der Waals surface area contributed by atoms with Crippen molar-refractivity contribution in [3.63, 3.8) is 0 Å². The lowest BCUT2D eigenvalue weighted by molar-refractivity contribution is -0.127. The fourth-order valence-electron chi connectivity index (χ4n) is 4.69. The van der Waals surface area contributed by atoms with E-state index in [2.05, 4.69) is 16.0 Å². The fraction of sp³-hybridized carbons (Fsp3) is 0.591. The van der Waals surface area contributed by atoms with Crippen LogP contribution in [0.25, 0.3) is 0 Å². The van der Waals surface area contributed by atoms with Crippen molar-refractivity contribution >= 4 is 23.5 Å². The summed E-state index contributed by atoms with van der Waals surface area (Å²) in [5.74, 6) is -0.678. The van der Waals surface area contributed by atoms with Crippen molar-refractivity contribution in [3.8, 4) is 0 Å². The Morgan fingerprint density at radius 2 is 1.62 bits per heavy atom. The largest absolute Gasteiger partial charge is 0.353 e. The van der Waals surface area contributed by atoms with Gasteiger partial charge in [0, 0.05) is 37.3 Å². The number of hydrogen-bond acceptors (Lipinski definition) is 3. The van der Waals surface area contributed by atoms with Gasteiger partial charge in [-0.25, -0.2) is 4.79 Å². The van der Waals surface area contributed by atoms with Crippen molar-refractivity contribution in [1.29, 1.82) is 0 Å². The number of rotatable bonds is 3. The molecular formula is C22H30N4O3. The maximum atomic E-state index is 12.9. The molecule has 7 heteroatoms. The van der Waals surface area contributed by atoms with Crippen molar-refractivity contribution in [2.24, 2.45) is 0 Å². The lowest BCUT2D eigenvalue weighted by Crippen LogP contribution is -2.52. The molecule has 3 N–H and O–H groups in total. The zero-order valence-electron chi connectivity index (χ0n) is 16.8. The Hall–Kier alpha value is -2.57. The van der Waals surface area contributed by atoms with E-state index in [1.54, 1.807) is 0 Å². The lowest BCUT2D eigenvalue weighted by atomic mass is 9.89. The fourth-order valence-corrected chi connectivity index (χ4v) is 4.69. The van der Waals surface area contributed by atoms with Gasteiger partial charge in [-0.2, -0.15) is 0 Å². The van der Waals surface area contributed by atoms with Crippen molar-refractivity contribution in [2.75, 3.05) is 18.4 Å². The number of nitrogens with one attached hydrogen (secondary N) is 3. The summed E-state index contributed by atoms with van der Waals surface area (Å²) >= 11 is 0. The van der Waals surface area contributed by atoms with Crippen LogP contribution in [0.1, 0.15) is 62.8 Å². The molecule has 2 aliphatic heterocycles. The number of benzene rings is 1. The standard InChI is InChI=1S/C22H30N4O3/c27-20-14-18(17-8-4-5-9-19(17)25-20)21(28)23-16-10-12-26(13-11-16)22(29)24-15-6-2-1-3-7-15/h4-5,8-9,15-16,18H,1-3,6-7,10-14H2,(H,23,28)(H,24,29)(H,25,27). The smallest absolute Gasteiger partial charge is 0.317 e. The topological polar surface area (TPSA) is 90.5 Å². The molecule has 29 heavy (non-hydrogen) atoms. The van der Waals surface area contributed by atoms with E-state index in [0.717, 1.165) is 36.9 Å². The predicted octanol–water partition coefficient (Wildman–Crippen LogP) is 2.74. The van der Waals surface area contributed by atoms with Gasteiger partial charge in [-0.15, -0.1) is 0 Å². The van der Waals surface area contributed by atoms with E-state index in [-0.39, 0.29) is 30.3 Å². The summed E-state index contributed by atoms with van der Waals surface area (Å²) in [6.07, 6.45) is 7.47. The summed E-state index contributed by atoms with van der Waals surface area (Å²) in [5, 5.41) is 9.11. The number of nitrogens with zero attached hydrogens (tertiary/aromatic N) is 1. The van der Waals surface area contributed by atoms with Crippen LogP contribution in [-0.4, -0.2) is 47.9 Å². The van der Waals surface area contributed by atoms with E-state index in [1.165, 1.54) is 19.3 Å². The Bertz CT molecular complexity index is 767. The zero-order chi connectivity index (χ0) is 20.2. The molecule has 1 saturated heterocycles. The summed E-state index contributed by atoms with van der Waals surface area (Å²) in [4.78, 5) is 39.2. The number of likely N-dealkylation sites (tertiary alicyclic amines) is 1. The molecule has 0 bridgehead atoms. The molecule has 1 saturated carbocycles. The number of piperidine rings is 1. The van der Waals surface area contributed by atoms with Crippen LogP contribution in [0.5, 0.6) is 0 Å². The Balaban J connectivity index is 1.28. The van der Waals surface area contributed by atoms with Crippen LogP contribution < -0.4 is 16.0 Å². The van der Waals surface area contributed by atoms with E-state index in [0.29, 0.717) is 19.1 Å². The molecule has 0 aromatic heterocycles. The molecule has 0 radical (unpaired) electrons. The minimum Gasteiger partial charge on any atom is -0.353 e. The second kappa shape index (κ2) is 8.84. The van der Waals surface area contributed by atoms with Crippen LogP contribution in [-0.2, 0) is 9.59 Å². The highest BCUT2D eigenvalue weighted by molar-refractivity contribution is 6.01. The van der Waals surface area contributed by atoms with E-state index in [9.17, 15) is 14.4 Å². The Morgan fingerprint density at radius 1 is 0.931 bits per heavy atom. The van der Waals surface area contributed by atoms with E-state index in [1.807, 2.05) is 29.2 Å². The molecule has 1 atom stereocenters. The van der Waals surface area contributed by atoms with Crippen LogP contribution in [0.15, 0.2) is 24.3 Å². The average molecular weight is 399 g/mol. The van der Waals surface area contributed by atoms with Crippen LogP contribution in [0.4, 0.5) is 10.5 Å². The Kier molecular flexibility index (Phi) is 6.02. The highest BCUT2D eigenvalue weighted by atomic mass is 16.2. The molecule has 2 heterocycles. The minimum absolute atomic E-state index is 0.0274. The molecule has 1 aromatic carbocycles. The van der Waals surface area contributed by atoms with Gasteiger partial charge in [0.25, 0.3) is 0 Å². The summed E-state index contributed by atoms with van der Waals surface area (Å²) in [7, 11) is 0. The van der Waals surface area contributed by atoms with Crippen LogP contribution in [0.2, 0.25) is 0 Å². The number of carbonyl (C=O) groups excluding carboxylic acids is 3. The van der Waals surface area contributed by atoms with Gasteiger partial charge in [-0.1, -0.05) is 37.5 Å². The van der Waals surface area contributed by atoms with Crippen LogP contribution in [0, 0.1) is 0 Å².